The molecular weight excluding hydrogens is 308 g/mol. The number of carbonyl (C=O) groups is 2. The van der Waals surface area contributed by atoms with Gasteiger partial charge >= 0.3 is 5.97 Å². The summed E-state index contributed by atoms with van der Waals surface area (Å²) in [5.41, 5.74) is 0.00426. The van der Waals surface area contributed by atoms with Crippen LogP contribution >= 0.6 is 0 Å². The quantitative estimate of drug-likeness (QED) is 0.774. The van der Waals surface area contributed by atoms with E-state index in [2.05, 4.69) is 11.4 Å². The summed E-state index contributed by atoms with van der Waals surface area (Å²) in [5, 5.41) is 11.7. The predicted molar refractivity (Wildman–Crippen MR) is 89.2 cm³/mol. The molecule has 1 aromatic rings. The van der Waals surface area contributed by atoms with E-state index < -0.39 is 30.1 Å². The Hall–Kier alpha value is -2.55. The summed E-state index contributed by atoms with van der Waals surface area (Å²) in [6.45, 7) is 8.29. The monoisotopic (exact) mass is 332 g/mol. The Bertz CT molecular complexity index is 636. The number of rotatable bonds is 7. The van der Waals surface area contributed by atoms with Crippen LogP contribution in [0.1, 0.15) is 33.3 Å². The number of amides is 1. The van der Waals surface area contributed by atoms with Gasteiger partial charge in [0.05, 0.1) is 6.07 Å². The minimum atomic E-state index is -1.01. The van der Waals surface area contributed by atoms with Gasteiger partial charge in [0.1, 0.15) is 11.3 Å². The zero-order chi connectivity index (χ0) is 18.3. The highest BCUT2D eigenvalue weighted by Gasteiger charge is 2.30. The van der Waals surface area contributed by atoms with E-state index in [-0.39, 0.29) is 5.92 Å². The summed E-state index contributed by atoms with van der Waals surface area (Å²) < 4.78 is 10.4. The van der Waals surface area contributed by atoms with E-state index in [0.717, 1.165) is 5.56 Å². The van der Waals surface area contributed by atoms with Crippen molar-refractivity contribution in [3.8, 4) is 11.8 Å². The van der Waals surface area contributed by atoms with Crippen molar-refractivity contribution in [2.75, 3.05) is 6.61 Å². The topological polar surface area (TPSA) is 88.4 Å². The number of nitriles is 1. The van der Waals surface area contributed by atoms with Crippen LogP contribution in [0.5, 0.6) is 5.75 Å². The van der Waals surface area contributed by atoms with Gasteiger partial charge in [-0.1, -0.05) is 26.0 Å². The maximum atomic E-state index is 11.9. The molecule has 1 amide bonds. The van der Waals surface area contributed by atoms with E-state index in [4.69, 9.17) is 14.7 Å². The second-order valence-electron chi connectivity index (χ2n) is 6.20. The second kappa shape index (κ2) is 8.34. The van der Waals surface area contributed by atoms with Crippen LogP contribution < -0.4 is 10.1 Å². The van der Waals surface area contributed by atoms with E-state index in [9.17, 15) is 9.59 Å². The number of nitrogens with zero attached hydrogens (tertiary/aromatic N) is 1. The van der Waals surface area contributed by atoms with Crippen molar-refractivity contribution in [3.63, 3.8) is 0 Å². The average molecular weight is 332 g/mol. The van der Waals surface area contributed by atoms with Gasteiger partial charge in [-0.3, -0.25) is 4.79 Å². The zero-order valence-electron chi connectivity index (χ0n) is 14.8. The molecule has 2 atom stereocenters. The standard InChI is InChI=1S/C18H24N2O4/c1-12(2)18(5,11-19)20-16(21)10-23-17(22)14(4)24-15-8-6-7-13(3)9-15/h6-9,12,14H,10H2,1-5H3,(H,20,21)/t14-,18-/m1/s1. The Labute approximate surface area is 142 Å². The Kier molecular flexibility index (Phi) is 6.78. The zero-order valence-corrected chi connectivity index (χ0v) is 14.8. The summed E-state index contributed by atoms with van der Waals surface area (Å²) in [5.74, 6) is -0.690. The fourth-order valence-electron chi connectivity index (χ4n) is 1.82. The molecule has 0 bridgehead atoms. The van der Waals surface area contributed by atoms with Crippen molar-refractivity contribution in [2.45, 2.75) is 46.3 Å². The van der Waals surface area contributed by atoms with Crippen LogP contribution in [0.25, 0.3) is 0 Å². The number of hydrogen-bond acceptors (Lipinski definition) is 5. The molecule has 1 aromatic carbocycles. The number of ether oxygens (including phenoxy) is 2. The third kappa shape index (κ3) is 5.58. The van der Waals surface area contributed by atoms with Crippen molar-refractivity contribution in [3.05, 3.63) is 29.8 Å². The van der Waals surface area contributed by atoms with Crippen molar-refractivity contribution in [1.82, 2.24) is 5.32 Å². The molecule has 0 aliphatic heterocycles. The number of aryl methyl sites for hydroxylation is 1. The summed E-state index contributed by atoms with van der Waals surface area (Å²) in [6.07, 6.45) is -0.841. The molecule has 0 saturated heterocycles. The molecule has 0 radical (unpaired) electrons. The third-order valence-electron chi connectivity index (χ3n) is 3.77. The lowest BCUT2D eigenvalue weighted by atomic mass is 9.90. The first-order chi connectivity index (χ1) is 11.2. The molecule has 0 aliphatic rings. The lowest BCUT2D eigenvalue weighted by Crippen LogP contribution is -2.50. The van der Waals surface area contributed by atoms with Crippen LogP contribution in [0, 0.1) is 24.2 Å². The van der Waals surface area contributed by atoms with Crippen molar-refractivity contribution < 1.29 is 19.1 Å². The molecule has 0 unspecified atom stereocenters. The minimum Gasteiger partial charge on any atom is -0.479 e. The second-order valence-corrected chi connectivity index (χ2v) is 6.20. The van der Waals surface area contributed by atoms with E-state index in [0.29, 0.717) is 5.75 Å². The van der Waals surface area contributed by atoms with Crippen LogP contribution in [0.2, 0.25) is 0 Å². The highest BCUT2D eigenvalue weighted by atomic mass is 16.6. The van der Waals surface area contributed by atoms with Gasteiger partial charge in [0.15, 0.2) is 12.7 Å². The van der Waals surface area contributed by atoms with Gasteiger partial charge in [0, 0.05) is 0 Å². The first-order valence-corrected chi connectivity index (χ1v) is 7.80. The number of carbonyl (C=O) groups excluding carboxylic acids is 2. The Morgan fingerprint density at radius 1 is 1.33 bits per heavy atom. The molecule has 24 heavy (non-hydrogen) atoms. The molecule has 1 rings (SSSR count). The lowest BCUT2D eigenvalue weighted by molar-refractivity contribution is -0.155. The van der Waals surface area contributed by atoms with Crippen molar-refractivity contribution in [1.29, 1.82) is 5.26 Å². The van der Waals surface area contributed by atoms with Gasteiger partial charge in [-0.15, -0.1) is 0 Å². The normalized spacial score (nSPS) is 14.2. The van der Waals surface area contributed by atoms with Crippen molar-refractivity contribution >= 4 is 11.9 Å². The molecular formula is C18H24N2O4. The van der Waals surface area contributed by atoms with E-state index >= 15 is 0 Å². The molecule has 6 heteroatoms. The molecule has 0 fully saturated rings. The smallest absolute Gasteiger partial charge is 0.347 e. The van der Waals surface area contributed by atoms with Crippen LogP contribution in [-0.2, 0) is 14.3 Å². The molecule has 0 heterocycles. The molecule has 1 N–H and O–H groups in total. The SMILES string of the molecule is Cc1cccc(O[C@H](C)C(=O)OCC(=O)N[C@](C)(C#N)C(C)C)c1. The van der Waals surface area contributed by atoms with Crippen LogP contribution in [0.3, 0.4) is 0 Å². The van der Waals surface area contributed by atoms with E-state index in [1.54, 1.807) is 26.0 Å². The summed E-state index contributed by atoms with van der Waals surface area (Å²) >= 11 is 0. The summed E-state index contributed by atoms with van der Waals surface area (Å²) in [4.78, 5) is 23.8. The summed E-state index contributed by atoms with van der Waals surface area (Å²) in [7, 11) is 0. The van der Waals surface area contributed by atoms with Gasteiger partial charge in [0.2, 0.25) is 0 Å². The fraction of sp³-hybridized carbons (Fsp3) is 0.500. The minimum absolute atomic E-state index is 0.0780. The van der Waals surface area contributed by atoms with Crippen molar-refractivity contribution in [2.24, 2.45) is 5.92 Å². The highest BCUT2D eigenvalue weighted by Crippen LogP contribution is 2.16. The van der Waals surface area contributed by atoms with E-state index in [1.807, 2.05) is 32.9 Å². The maximum Gasteiger partial charge on any atom is 0.347 e. The van der Waals surface area contributed by atoms with Gasteiger partial charge in [0.25, 0.3) is 5.91 Å². The first-order valence-electron chi connectivity index (χ1n) is 7.80. The Morgan fingerprint density at radius 2 is 2.00 bits per heavy atom. The maximum absolute atomic E-state index is 11.9. The Balaban J connectivity index is 2.50. The molecule has 0 spiro atoms. The predicted octanol–water partition coefficient (Wildman–Crippen LogP) is 2.36. The van der Waals surface area contributed by atoms with E-state index in [1.165, 1.54) is 0 Å². The van der Waals surface area contributed by atoms with Crippen LogP contribution in [0.4, 0.5) is 0 Å². The lowest BCUT2D eigenvalue weighted by Gasteiger charge is -2.27. The average Bonchev–Trinajstić information content (AvgIpc) is 2.52. The molecule has 0 aliphatic carbocycles. The largest absolute Gasteiger partial charge is 0.479 e. The molecule has 0 saturated carbocycles. The van der Waals surface area contributed by atoms with Crippen LogP contribution in [0.15, 0.2) is 24.3 Å². The number of nitrogens with one attached hydrogen (secondary N) is 1. The molecule has 0 aromatic heterocycles. The van der Waals surface area contributed by atoms with Gasteiger partial charge in [-0.2, -0.15) is 5.26 Å². The van der Waals surface area contributed by atoms with Crippen LogP contribution in [-0.4, -0.2) is 30.1 Å². The molecule has 6 nitrogen and oxygen atoms in total. The summed E-state index contributed by atoms with van der Waals surface area (Å²) in [6, 6.07) is 9.35. The number of esters is 1. The van der Waals surface area contributed by atoms with Gasteiger partial charge in [-0.25, -0.2) is 4.79 Å². The molecule has 130 valence electrons. The Morgan fingerprint density at radius 3 is 2.54 bits per heavy atom. The number of benzene rings is 1. The fourth-order valence-corrected chi connectivity index (χ4v) is 1.82. The van der Waals surface area contributed by atoms with Gasteiger partial charge < -0.3 is 14.8 Å². The first kappa shape index (κ1) is 19.5. The highest BCUT2D eigenvalue weighted by molar-refractivity contribution is 5.82. The van der Waals surface area contributed by atoms with Gasteiger partial charge in [-0.05, 0) is 44.4 Å². The number of hydrogen-bond donors (Lipinski definition) is 1. The third-order valence-corrected chi connectivity index (χ3v) is 3.77.